The lowest BCUT2D eigenvalue weighted by Gasteiger charge is -2.58. The number of ether oxygens (including phenoxy) is 1. The van der Waals surface area contributed by atoms with Gasteiger partial charge in [-0.1, -0.05) is 178 Å². The first kappa shape index (κ1) is 93.9. The van der Waals surface area contributed by atoms with E-state index in [0.29, 0.717) is 83.0 Å². The van der Waals surface area contributed by atoms with Crippen molar-refractivity contribution in [3.05, 3.63) is 144 Å². The Bertz CT molecular complexity index is 4480. The molecule has 4 aromatic rings. The number of aliphatic hydroxyl groups is 3. The third-order valence-corrected chi connectivity index (χ3v) is 30.3. The molecule has 6 fully saturated rings. The van der Waals surface area contributed by atoms with E-state index in [1.54, 1.807) is 96.3 Å². The lowest BCUT2D eigenvalue weighted by atomic mass is 9.47. The summed E-state index contributed by atoms with van der Waals surface area (Å²) in [5, 5.41) is 58.3. The van der Waals surface area contributed by atoms with Crippen molar-refractivity contribution in [3.63, 3.8) is 0 Å². The third-order valence-electron chi connectivity index (χ3n) is 27.9. The number of aromatic amines is 1. The lowest BCUT2D eigenvalue weighted by Crippen LogP contribution is -2.62. The predicted octanol–water partition coefficient (Wildman–Crippen LogP) is 8.10. The second-order valence-electron chi connectivity index (χ2n) is 36.9. The van der Waals surface area contributed by atoms with Gasteiger partial charge >= 0.3 is 6.09 Å². The molecule has 13 N–H and O–H groups in total. The number of aromatic nitrogens is 1. The molecule has 0 radical (unpaired) electrons. The van der Waals surface area contributed by atoms with Gasteiger partial charge in [0, 0.05) is 93.4 Å². The minimum absolute atomic E-state index is 0.0447. The van der Waals surface area contributed by atoms with Crippen LogP contribution in [-0.2, 0) is 71.9 Å². The minimum atomic E-state index is -1.80. The molecule has 674 valence electrons. The summed E-state index contributed by atoms with van der Waals surface area (Å²) in [6.45, 7) is 14.8. The Morgan fingerprint density at radius 2 is 1.30 bits per heavy atom. The maximum Gasteiger partial charge on any atom is 0.407 e. The Kier molecular flexibility index (Phi) is 32.8. The number of H-pyrrole nitrogens is 1. The van der Waals surface area contributed by atoms with Gasteiger partial charge in [-0.2, -0.15) is 0 Å². The molecule has 28 nitrogen and oxygen atoms in total. The van der Waals surface area contributed by atoms with Crippen LogP contribution in [0.2, 0.25) is 0 Å². The van der Waals surface area contributed by atoms with Crippen molar-refractivity contribution in [1.82, 2.24) is 67.5 Å². The van der Waals surface area contributed by atoms with Crippen molar-refractivity contribution < 1.29 is 72.8 Å². The Hall–Kier alpha value is -9.23. The fourth-order valence-corrected chi connectivity index (χ4v) is 23.2. The molecule has 3 saturated heterocycles. The quantitative estimate of drug-likeness (QED) is 0.0145. The number of benzene rings is 3. The molecule has 11 amide bonds. The van der Waals surface area contributed by atoms with Crippen molar-refractivity contribution in [1.29, 1.82) is 0 Å². The summed E-state index contributed by atoms with van der Waals surface area (Å²) in [4.78, 5) is 172. The number of unbranched alkanes of at least 4 members (excludes halogenated alkanes) is 1. The van der Waals surface area contributed by atoms with Gasteiger partial charge in [-0.05, 0) is 173 Å². The Balaban J connectivity index is 0.781. The second-order valence-corrected chi connectivity index (χ2v) is 39.4. The molecular weight excluding hydrogens is 1620 g/mol. The zero-order chi connectivity index (χ0) is 88.5. The highest BCUT2D eigenvalue weighted by Gasteiger charge is 2.60. The molecule has 12 rings (SSSR count). The highest BCUT2D eigenvalue weighted by atomic mass is 33.1. The van der Waals surface area contributed by atoms with Crippen LogP contribution in [0.5, 0.6) is 0 Å². The number of carbonyl (C=O) groups is 11. The van der Waals surface area contributed by atoms with Crippen LogP contribution in [0.4, 0.5) is 4.79 Å². The molecule has 4 aliphatic carbocycles. The van der Waals surface area contributed by atoms with Gasteiger partial charge in [0.2, 0.25) is 59.1 Å². The van der Waals surface area contributed by atoms with Gasteiger partial charge in [0.15, 0.2) is 0 Å². The number of amides is 11. The van der Waals surface area contributed by atoms with E-state index >= 15 is 24.0 Å². The normalized spacial score (nSPS) is 29.1. The van der Waals surface area contributed by atoms with E-state index in [2.05, 4.69) is 93.5 Å². The molecule has 3 aromatic carbocycles. The number of allylic oxidation sites excluding steroid dienone is 1. The van der Waals surface area contributed by atoms with Crippen LogP contribution in [0, 0.1) is 52.3 Å². The number of aliphatic hydroxyl groups excluding tert-OH is 3. The number of alkyl carbamates (subject to hydrolysis) is 1. The number of rotatable bonds is 28. The number of hydrogen-bond acceptors (Lipinski definition) is 18. The Morgan fingerprint density at radius 1 is 0.645 bits per heavy atom. The summed E-state index contributed by atoms with van der Waals surface area (Å²) < 4.78 is 6.18. The molecule has 1 aromatic heterocycles. The van der Waals surface area contributed by atoms with Crippen molar-refractivity contribution in [2.24, 2.45) is 52.3 Å². The van der Waals surface area contributed by atoms with Crippen LogP contribution >= 0.6 is 21.6 Å². The smallest absolute Gasteiger partial charge is 0.407 e. The molecule has 0 spiro atoms. The number of nitrogens with one attached hydrogen (secondary N) is 10. The second kappa shape index (κ2) is 43.3. The molecule has 30 heteroatoms. The maximum absolute atomic E-state index is 15.6. The standard InChI is InChI=1S/C94H131N13O15S2/c1-56(2)22-19-23-57(3)68-35-36-69-67-34-33-64-51-65(37-41-93(64,6)70(67)38-42-94(68,69)7)122-92(121)95-43-18-17-30-72-82(111)104-81(59(5)110)89(118)103-78(87(116)101-76(53-108)58(4)109)55-124-123-54-77(86(115)98-73(48-60-24-11-9-12-25-60)83(112)99-75(85(114)97-72)50-63-52-96-71-29-16-15-28-66(63)71)102-84(113)74(49-61-26-13-10-14-27-61)100-88(117)79-31-20-44-106(79)91(120)80-32-21-45-107(80)90(119)62-39-46-105(8)47-40-62/h9-16,24-29,33,39-40,46-47,52,56-59,62,65,67-70,72-81,96,108-110H,17-23,30-32,34-38,41-45,48-51,53-55H2,1-8H3,(H,95,121)(H,97,114)(H,98,115)(H,99,112)(H,100,117)(H,101,116)(H,102,113)(H,103,118)(H,104,111)/t57-,58-,59-,65+,67+,68-,69+,70+,72+,73+,74-,75-,76-,77+,78+,79+,80+,81+,93+,94-/m1/s1. The van der Waals surface area contributed by atoms with Crippen LogP contribution in [0.1, 0.15) is 181 Å². The first-order chi connectivity index (χ1) is 59.5. The predicted molar refractivity (Wildman–Crippen MR) is 477 cm³/mol. The summed E-state index contributed by atoms with van der Waals surface area (Å²) in [6.07, 6.45) is 21.5. The molecular formula is C94H131N13O15S2. The van der Waals surface area contributed by atoms with Gasteiger partial charge in [-0.15, -0.1) is 0 Å². The Labute approximate surface area is 736 Å². The van der Waals surface area contributed by atoms with Gasteiger partial charge in [-0.3, -0.25) is 47.9 Å². The van der Waals surface area contributed by atoms with E-state index in [1.807, 2.05) is 36.2 Å². The summed E-state index contributed by atoms with van der Waals surface area (Å²) in [6, 6.07) is 11.0. The van der Waals surface area contributed by atoms with Gasteiger partial charge in [-0.25, -0.2) is 4.79 Å². The average molecular weight is 1750 g/mol. The molecule has 5 heterocycles. The topological polar surface area (TPSA) is 391 Å². The van der Waals surface area contributed by atoms with Crippen LogP contribution in [0.3, 0.4) is 0 Å². The van der Waals surface area contributed by atoms with Crippen LogP contribution < -0.4 is 47.9 Å². The van der Waals surface area contributed by atoms with Gasteiger partial charge in [0.1, 0.15) is 60.5 Å². The zero-order valence-corrected chi connectivity index (χ0v) is 74.7. The molecule has 0 unspecified atom stereocenters. The number of carbonyl (C=O) groups excluding carboxylic acids is 11. The third kappa shape index (κ3) is 23.3. The minimum Gasteiger partial charge on any atom is -0.446 e. The molecule has 124 heavy (non-hydrogen) atoms. The van der Waals surface area contributed by atoms with Crippen LogP contribution in [-0.4, -0.2) is 224 Å². The first-order valence-corrected chi connectivity index (χ1v) is 47.6. The van der Waals surface area contributed by atoms with Gasteiger partial charge < -0.3 is 87.6 Å². The van der Waals surface area contributed by atoms with Crippen LogP contribution in [0.15, 0.2) is 127 Å². The van der Waals surface area contributed by atoms with Crippen molar-refractivity contribution in [2.45, 2.75) is 262 Å². The Morgan fingerprint density at radius 3 is 2.00 bits per heavy atom. The van der Waals surface area contributed by atoms with Crippen molar-refractivity contribution >= 4 is 97.7 Å². The molecule has 20 atom stereocenters. The zero-order valence-electron chi connectivity index (χ0n) is 73.1. The molecule has 0 bridgehead atoms. The van der Waals surface area contributed by atoms with Crippen molar-refractivity contribution in [2.75, 3.05) is 44.8 Å². The first-order valence-electron chi connectivity index (χ1n) is 45.1. The van der Waals surface area contributed by atoms with E-state index in [0.717, 1.165) is 58.6 Å². The van der Waals surface area contributed by atoms with E-state index in [1.165, 1.54) is 69.3 Å². The number of para-hydroxylation sites is 1. The van der Waals surface area contributed by atoms with E-state index < -0.39 is 139 Å². The maximum atomic E-state index is 15.6. The summed E-state index contributed by atoms with van der Waals surface area (Å²) in [5.74, 6) is -4.63. The summed E-state index contributed by atoms with van der Waals surface area (Å²) in [5.41, 5.74) is 4.30. The van der Waals surface area contributed by atoms with E-state index in [4.69, 9.17) is 4.74 Å². The molecule has 3 saturated carbocycles. The molecule has 8 aliphatic rings. The number of likely N-dealkylation sites (tertiary alicyclic amines) is 2. The van der Waals surface area contributed by atoms with E-state index in [-0.39, 0.29) is 92.9 Å². The summed E-state index contributed by atoms with van der Waals surface area (Å²) >= 11 is 0. The highest BCUT2D eigenvalue weighted by Crippen LogP contribution is 2.67. The fraction of sp³-hybridized carbons (Fsp3) is 0.606. The van der Waals surface area contributed by atoms with Gasteiger partial charge in [0.05, 0.1) is 30.8 Å². The number of nitrogens with zero attached hydrogens (tertiary/aromatic N) is 3. The fourth-order valence-electron chi connectivity index (χ4n) is 20.9. The summed E-state index contributed by atoms with van der Waals surface area (Å²) in [7, 11) is 3.77. The number of hydrogen-bond donors (Lipinski definition) is 13. The highest BCUT2D eigenvalue weighted by molar-refractivity contribution is 8.76. The lowest BCUT2D eigenvalue weighted by molar-refractivity contribution is -0.147. The largest absolute Gasteiger partial charge is 0.446 e. The SMILES string of the molecule is CC(C)CCC[C@@H](C)[C@H]1CC[C@H]2[C@@H]3CC=C4C[C@@H](OC(=O)NCCCC[C@@H]5NC(=O)[C@@H](Cc6c[nH]c7ccccc67)NC(=O)[C@H](Cc6ccccc6)NC(=O)[C@@H](NC(=O)[C@@H](Cc6ccccc6)NC(=O)[C@@H]6CCCN6C(=O)[C@@H]6CCCN6C(=O)C6C=CN(C)C=C6)CSSC[C@@H](C(=O)N[C@H](CO)[C@@H](C)O)NC(=O)[C@H]([C@@H](C)O)NC5=O)CC[C@]4(C)[C@H]3CC[C@]12C. The van der Waals surface area contributed by atoms with Gasteiger partial charge in [0.25, 0.3) is 0 Å². The van der Waals surface area contributed by atoms with Crippen molar-refractivity contribution in [3.8, 4) is 0 Å². The number of fused-ring (bicyclic) bond motifs is 6. The monoisotopic (exact) mass is 1750 g/mol. The van der Waals surface area contributed by atoms with E-state index in [9.17, 15) is 44.1 Å². The van der Waals surface area contributed by atoms with Crippen LogP contribution in [0.25, 0.3) is 10.9 Å². The average Bonchev–Trinajstić information content (AvgIpc) is 1.46. The molecule has 4 aliphatic heterocycles.